The quantitative estimate of drug-likeness (QED) is 0.594. The number of methoxy groups -OCH3 is 1. The standard InChI is InChI=1S/C29H39N3O3/c1-3-22-12-14-25(15-13-22)29(34)32-20-18-31(19-21-32)27(24-9-4-5-10-24)28(33)30-17-16-23-8-6-7-11-26(23)35-2/h6-8,11-15,24,27H,3-5,9-10,16-21H2,1-2H3,(H,30,33)/t27-/m1/s1. The smallest absolute Gasteiger partial charge is 0.253 e. The number of carbonyl (C=O) groups excluding carboxylic acids is 2. The van der Waals surface area contributed by atoms with E-state index in [1.165, 1.54) is 18.4 Å². The molecule has 1 saturated carbocycles. The SMILES string of the molecule is CCc1ccc(C(=O)N2CCN([C@@H](C(=O)NCCc3ccccc3OC)C3CCCC3)CC2)cc1. The molecule has 2 aliphatic rings. The summed E-state index contributed by atoms with van der Waals surface area (Å²) in [5.41, 5.74) is 3.09. The van der Waals surface area contributed by atoms with E-state index in [0.29, 0.717) is 25.6 Å². The maximum absolute atomic E-state index is 13.4. The molecule has 188 valence electrons. The van der Waals surface area contributed by atoms with Crippen LogP contribution >= 0.6 is 0 Å². The van der Waals surface area contributed by atoms with Crippen LogP contribution in [0.15, 0.2) is 48.5 Å². The summed E-state index contributed by atoms with van der Waals surface area (Å²) in [5, 5.41) is 3.21. The Bertz CT molecular complexity index is 977. The van der Waals surface area contributed by atoms with E-state index in [1.54, 1.807) is 7.11 Å². The van der Waals surface area contributed by atoms with Crippen LogP contribution in [0, 0.1) is 5.92 Å². The van der Waals surface area contributed by atoms with Gasteiger partial charge >= 0.3 is 0 Å². The zero-order chi connectivity index (χ0) is 24.6. The van der Waals surface area contributed by atoms with Gasteiger partial charge in [0.2, 0.25) is 5.91 Å². The van der Waals surface area contributed by atoms with Gasteiger partial charge in [0, 0.05) is 38.3 Å². The zero-order valence-electron chi connectivity index (χ0n) is 21.2. The number of amides is 2. The van der Waals surface area contributed by atoms with Crippen LogP contribution in [0.4, 0.5) is 0 Å². The molecule has 2 aromatic rings. The van der Waals surface area contributed by atoms with Gasteiger partial charge in [-0.05, 0) is 60.9 Å². The summed E-state index contributed by atoms with van der Waals surface area (Å²) in [6.07, 6.45) is 6.31. The van der Waals surface area contributed by atoms with E-state index >= 15 is 0 Å². The van der Waals surface area contributed by atoms with Crippen molar-refractivity contribution in [1.82, 2.24) is 15.1 Å². The second kappa shape index (κ2) is 12.2. The number of hydrogen-bond donors (Lipinski definition) is 1. The van der Waals surface area contributed by atoms with Crippen molar-refractivity contribution < 1.29 is 14.3 Å². The van der Waals surface area contributed by atoms with E-state index < -0.39 is 0 Å². The summed E-state index contributed by atoms with van der Waals surface area (Å²) in [7, 11) is 1.68. The molecule has 6 nitrogen and oxygen atoms in total. The van der Waals surface area contributed by atoms with Crippen LogP contribution in [0.1, 0.15) is 54.1 Å². The first-order valence-electron chi connectivity index (χ1n) is 13.1. The molecule has 1 atom stereocenters. The molecule has 6 heteroatoms. The van der Waals surface area contributed by atoms with E-state index in [0.717, 1.165) is 55.6 Å². The number of rotatable bonds is 9. The topological polar surface area (TPSA) is 61.9 Å². The van der Waals surface area contributed by atoms with Gasteiger partial charge in [0.1, 0.15) is 5.75 Å². The molecule has 2 aromatic carbocycles. The predicted octanol–water partition coefficient (Wildman–Crippen LogP) is 3.93. The average Bonchev–Trinajstić information content (AvgIpc) is 3.43. The van der Waals surface area contributed by atoms with Crippen LogP contribution < -0.4 is 10.1 Å². The van der Waals surface area contributed by atoms with Gasteiger partial charge in [-0.3, -0.25) is 14.5 Å². The molecule has 2 amide bonds. The number of aryl methyl sites for hydroxylation is 1. The Morgan fingerprint density at radius 2 is 1.69 bits per heavy atom. The van der Waals surface area contributed by atoms with Crippen molar-refractivity contribution in [2.75, 3.05) is 39.8 Å². The molecule has 0 radical (unpaired) electrons. The molecule has 0 bridgehead atoms. The molecule has 1 aliphatic heterocycles. The van der Waals surface area contributed by atoms with Gasteiger partial charge in [0.15, 0.2) is 0 Å². The Hall–Kier alpha value is -2.86. The fourth-order valence-corrected chi connectivity index (χ4v) is 5.55. The van der Waals surface area contributed by atoms with Crippen molar-refractivity contribution in [3.63, 3.8) is 0 Å². The summed E-state index contributed by atoms with van der Waals surface area (Å²) in [5.74, 6) is 1.47. The number of carbonyl (C=O) groups is 2. The van der Waals surface area contributed by atoms with Crippen LogP contribution in [0.3, 0.4) is 0 Å². The number of ether oxygens (including phenoxy) is 1. The number of para-hydroxylation sites is 1. The van der Waals surface area contributed by atoms with E-state index in [4.69, 9.17) is 4.74 Å². The Morgan fingerprint density at radius 1 is 1.00 bits per heavy atom. The monoisotopic (exact) mass is 477 g/mol. The lowest BCUT2D eigenvalue weighted by atomic mass is 9.94. The molecule has 0 unspecified atom stereocenters. The molecule has 1 saturated heterocycles. The minimum absolute atomic E-state index is 0.0889. The van der Waals surface area contributed by atoms with E-state index in [-0.39, 0.29) is 17.9 Å². The summed E-state index contributed by atoms with van der Waals surface area (Å²) in [6, 6.07) is 15.8. The molecule has 0 spiro atoms. The summed E-state index contributed by atoms with van der Waals surface area (Å²) >= 11 is 0. The van der Waals surface area contributed by atoms with Crippen molar-refractivity contribution in [2.45, 2.75) is 51.5 Å². The lowest BCUT2D eigenvalue weighted by molar-refractivity contribution is -0.129. The van der Waals surface area contributed by atoms with Crippen molar-refractivity contribution in [2.24, 2.45) is 5.92 Å². The average molecular weight is 478 g/mol. The number of nitrogens with zero attached hydrogens (tertiary/aromatic N) is 2. The molecular weight excluding hydrogens is 438 g/mol. The highest BCUT2D eigenvalue weighted by atomic mass is 16.5. The summed E-state index contributed by atoms with van der Waals surface area (Å²) in [6.45, 7) is 5.50. The maximum Gasteiger partial charge on any atom is 0.253 e. The molecule has 0 aromatic heterocycles. The largest absolute Gasteiger partial charge is 0.496 e. The van der Waals surface area contributed by atoms with Crippen LogP contribution in [-0.4, -0.2) is 67.5 Å². The zero-order valence-corrected chi connectivity index (χ0v) is 21.2. The Labute approximate surface area is 209 Å². The Morgan fingerprint density at radius 3 is 2.34 bits per heavy atom. The number of hydrogen-bond acceptors (Lipinski definition) is 4. The molecule has 2 fully saturated rings. The van der Waals surface area contributed by atoms with Crippen molar-refractivity contribution in [3.8, 4) is 5.75 Å². The maximum atomic E-state index is 13.4. The fourth-order valence-electron chi connectivity index (χ4n) is 5.55. The lowest BCUT2D eigenvalue weighted by Crippen LogP contribution is -2.58. The lowest BCUT2D eigenvalue weighted by Gasteiger charge is -2.40. The molecule has 35 heavy (non-hydrogen) atoms. The minimum atomic E-state index is -0.115. The Balaban J connectivity index is 1.34. The minimum Gasteiger partial charge on any atom is -0.496 e. The van der Waals surface area contributed by atoms with Gasteiger partial charge in [-0.2, -0.15) is 0 Å². The van der Waals surface area contributed by atoms with Gasteiger partial charge in [0.25, 0.3) is 5.91 Å². The Kier molecular flexibility index (Phi) is 8.80. The predicted molar refractivity (Wildman–Crippen MR) is 139 cm³/mol. The summed E-state index contributed by atoms with van der Waals surface area (Å²) in [4.78, 5) is 30.7. The number of benzene rings is 2. The van der Waals surface area contributed by atoms with Crippen molar-refractivity contribution in [3.05, 3.63) is 65.2 Å². The molecule has 1 aliphatic carbocycles. The van der Waals surface area contributed by atoms with E-state index in [9.17, 15) is 9.59 Å². The van der Waals surface area contributed by atoms with Gasteiger partial charge in [-0.1, -0.05) is 50.1 Å². The van der Waals surface area contributed by atoms with Gasteiger partial charge in [-0.15, -0.1) is 0 Å². The molecule has 1 N–H and O–H groups in total. The van der Waals surface area contributed by atoms with Crippen molar-refractivity contribution in [1.29, 1.82) is 0 Å². The molecule has 4 rings (SSSR count). The second-order valence-corrected chi connectivity index (χ2v) is 9.72. The third-order valence-corrected chi connectivity index (χ3v) is 7.61. The summed E-state index contributed by atoms with van der Waals surface area (Å²) < 4.78 is 5.45. The van der Waals surface area contributed by atoms with Crippen LogP contribution in [0.5, 0.6) is 5.75 Å². The second-order valence-electron chi connectivity index (χ2n) is 9.72. The highest BCUT2D eigenvalue weighted by molar-refractivity contribution is 5.94. The third kappa shape index (κ3) is 6.23. The van der Waals surface area contributed by atoms with Crippen LogP contribution in [-0.2, 0) is 17.6 Å². The first kappa shape index (κ1) is 25.2. The van der Waals surface area contributed by atoms with E-state index in [1.807, 2.05) is 53.4 Å². The molecular formula is C29H39N3O3. The van der Waals surface area contributed by atoms with Crippen molar-refractivity contribution >= 4 is 11.8 Å². The van der Waals surface area contributed by atoms with Gasteiger partial charge < -0.3 is 15.0 Å². The number of piperazine rings is 1. The highest BCUT2D eigenvalue weighted by Gasteiger charge is 2.37. The van der Waals surface area contributed by atoms with Gasteiger partial charge in [-0.25, -0.2) is 0 Å². The highest BCUT2D eigenvalue weighted by Crippen LogP contribution is 2.31. The van der Waals surface area contributed by atoms with Crippen LogP contribution in [0.2, 0.25) is 0 Å². The fraction of sp³-hybridized carbons (Fsp3) is 0.517. The third-order valence-electron chi connectivity index (χ3n) is 7.61. The van der Waals surface area contributed by atoms with E-state index in [2.05, 4.69) is 17.1 Å². The van der Waals surface area contributed by atoms with Gasteiger partial charge in [0.05, 0.1) is 13.2 Å². The first-order valence-corrected chi connectivity index (χ1v) is 13.1. The number of nitrogens with one attached hydrogen (secondary N) is 1. The normalized spacial score (nSPS) is 17.8. The molecule has 1 heterocycles. The first-order chi connectivity index (χ1) is 17.1. The van der Waals surface area contributed by atoms with Crippen LogP contribution in [0.25, 0.3) is 0 Å².